The summed E-state index contributed by atoms with van der Waals surface area (Å²) in [5.41, 5.74) is 6.05. The van der Waals surface area contributed by atoms with Crippen LogP contribution in [0.15, 0.2) is 59.8 Å². The van der Waals surface area contributed by atoms with Gasteiger partial charge >= 0.3 is 5.97 Å². The Morgan fingerprint density at radius 2 is 1.56 bits per heavy atom. The number of benzene rings is 2. The maximum Gasteiger partial charge on any atom is 0.326 e. The second-order valence-corrected chi connectivity index (χ2v) is 8.53. The predicted molar refractivity (Wildman–Crippen MR) is 127 cm³/mol. The first-order valence-electron chi connectivity index (χ1n) is 11.4. The lowest BCUT2D eigenvalue weighted by atomic mass is 9.98. The minimum atomic E-state index is -1.03. The number of hydrazine groups is 1. The lowest BCUT2D eigenvalue weighted by molar-refractivity contribution is -0.138. The van der Waals surface area contributed by atoms with E-state index in [0.717, 1.165) is 18.5 Å². The Kier molecular flexibility index (Phi) is 5.70. The number of nitrogens with zero attached hydrogens (tertiary/aromatic N) is 3. The topological polar surface area (TPSA) is 102 Å². The fourth-order valence-electron chi connectivity index (χ4n) is 4.79. The van der Waals surface area contributed by atoms with E-state index in [2.05, 4.69) is 5.43 Å². The monoisotopic (exact) mass is 462 g/mol. The smallest absolute Gasteiger partial charge is 0.326 e. The third-order valence-corrected chi connectivity index (χ3v) is 6.56. The molecule has 176 valence electrons. The molecule has 1 fully saturated rings. The number of carbonyl (C=O) groups is 3. The Hall–Kier alpha value is -3.85. The molecular weight excluding hydrogens is 436 g/mol. The summed E-state index contributed by atoms with van der Waals surface area (Å²) in [5, 5.41) is 11.3. The molecular formula is C25H26N4O5. The molecule has 0 aromatic heterocycles. The number of aliphatic carboxylic acids is 1. The van der Waals surface area contributed by atoms with Crippen LogP contribution >= 0.6 is 0 Å². The van der Waals surface area contributed by atoms with Crippen LogP contribution in [-0.2, 0) is 14.4 Å². The van der Waals surface area contributed by atoms with Crippen molar-refractivity contribution in [1.29, 1.82) is 0 Å². The molecule has 1 atom stereocenters. The van der Waals surface area contributed by atoms with Crippen LogP contribution < -0.4 is 25.0 Å². The molecule has 3 heterocycles. The molecule has 2 aromatic carbocycles. The van der Waals surface area contributed by atoms with Crippen molar-refractivity contribution in [2.45, 2.75) is 31.7 Å². The largest absolute Gasteiger partial charge is 0.497 e. The number of carboxylic acids is 1. The highest BCUT2D eigenvalue weighted by molar-refractivity contribution is 6.11. The molecule has 1 saturated heterocycles. The summed E-state index contributed by atoms with van der Waals surface area (Å²) in [7, 11) is 1.57. The fraction of sp³-hybridized carbons (Fsp3) is 0.320. The molecule has 0 spiro atoms. The summed E-state index contributed by atoms with van der Waals surface area (Å²) >= 11 is 0. The van der Waals surface area contributed by atoms with E-state index in [1.165, 1.54) is 0 Å². The lowest BCUT2D eigenvalue weighted by Gasteiger charge is -2.32. The summed E-state index contributed by atoms with van der Waals surface area (Å²) in [6, 6.07) is 13.5. The molecule has 0 aliphatic carbocycles. The van der Waals surface area contributed by atoms with Crippen LogP contribution in [0.2, 0.25) is 0 Å². The van der Waals surface area contributed by atoms with Gasteiger partial charge < -0.3 is 19.6 Å². The molecule has 9 heteroatoms. The Morgan fingerprint density at radius 3 is 2.18 bits per heavy atom. The highest BCUT2D eigenvalue weighted by Crippen LogP contribution is 2.36. The predicted octanol–water partition coefficient (Wildman–Crippen LogP) is 2.68. The van der Waals surface area contributed by atoms with Crippen molar-refractivity contribution in [3.8, 4) is 5.75 Å². The van der Waals surface area contributed by atoms with Crippen LogP contribution in [-0.4, -0.2) is 49.1 Å². The second-order valence-electron chi connectivity index (χ2n) is 8.53. The van der Waals surface area contributed by atoms with Gasteiger partial charge in [-0.1, -0.05) is 0 Å². The van der Waals surface area contributed by atoms with Gasteiger partial charge in [-0.3, -0.25) is 19.4 Å². The minimum absolute atomic E-state index is 0.120. The fourth-order valence-corrected chi connectivity index (χ4v) is 4.79. The summed E-state index contributed by atoms with van der Waals surface area (Å²) in [6.07, 6.45) is 2.89. The third-order valence-electron chi connectivity index (χ3n) is 6.56. The van der Waals surface area contributed by atoms with E-state index in [4.69, 9.17) is 4.74 Å². The first-order chi connectivity index (χ1) is 16.5. The maximum absolute atomic E-state index is 13.6. The molecule has 3 aliphatic rings. The quantitative estimate of drug-likeness (QED) is 0.704. The molecule has 34 heavy (non-hydrogen) atoms. The van der Waals surface area contributed by atoms with Crippen LogP contribution in [0.1, 0.15) is 25.7 Å². The van der Waals surface area contributed by atoms with Gasteiger partial charge in [0.1, 0.15) is 17.5 Å². The molecule has 3 aliphatic heterocycles. The van der Waals surface area contributed by atoms with Gasteiger partial charge in [0.05, 0.1) is 12.8 Å². The van der Waals surface area contributed by atoms with Gasteiger partial charge in [-0.15, -0.1) is 0 Å². The van der Waals surface area contributed by atoms with Gasteiger partial charge in [-0.2, -0.15) is 0 Å². The Balaban J connectivity index is 1.44. The van der Waals surface area contributed by atoms with Gasteiger partial charge in [-0.25, -0.2) is 5.43 Å². The van der Waals surface area contributed by atoms with Crippen LogP contribution in [0.4, 0.5) is 17.1 Å². The minimum Gasteiger partial charge on any atom is -0.497 e. The van der Waals surface area contributed by atoms with E-state index < -0.39 is 12.0 Å². The van der Waals surface area contributed by atoms with Crippen molar-refractivity contribution in [2.75, 3.05) is 35.0 Å². The van der Waals surface area contributed by atoms with Gasteiger partial charge in [0.2, 0.25) is 5.91 Å². The molecule has 2 N–H and O–H groups in total. The second kappa shape index (κ2) is 8.83. The Labute approximate surface area is 197 Å². The Bertz CT molecular complexity index is 1160. The number of ether oxygens (including phenoxy) is 1. The zero-order chi connectivity index (χ0) is 23.8. The van der Waals surface area contributed by atoms with Crippen molar-refractivity contribution in [2.24, 2.45) is 0 Å². The number of rotatable bonds is 5. The summed E-state index contributed by atoms with van der Waals surface area (Å²) in [6.45, 7) is 1.08. The number of methoxy groups -OCH3 is 1. The van der Waals surface area contributed by atoms with E-state index in [1.54, 1.807) is 46.2 Å². The number of anilines is 3. The molecule has 1 unspecified atom stereocenters. The van der Waals surface area contributed by atoms with Crippen LogP contribution in [0.5, 0.6) is 5.75 Å². The summed E-state index contributed by atoms with van der Waals surface area (Å²) in [4.78, 5) is 41.2. The van der Waals surface area contributed by atoms with Gasteiger partial charge in [0.25, 0.3) is 5.91 Å². The van der Waals surface area contributed by atoms with Crippen molar-refractivity contribution in [1.82, 2.24) is 5.43 Å². The van der Waals surface area contributed by atoms with Gasteiger partial charge in [0, 0.05) is 30.9 Å². The molecule has 2 aromatic rings. The zero-order valence-corrected chi connectivity index (χ0v) is 18.9. The summed E-state index contributed by atoms with van der Waals surface area (Å²) in [5.74, 6) is -0.513. The van der Waals surface area contributed by atoms with E-state index in [-0.39, 0.29) is 11.8 Å². The lowest BCUT2D eigenvalue weighted by Crippen LogP contribution is -2.44. The highest BCUT2D eigenvalue weighted by atomic mass is 16.5. The molecule has 0 radical (unpaired) electrons. The number of piperidine rings is 1. The zero-order valence-electron chi connectivity index (χ0n) is 18.9. The Morgan fingerprint density at radius 1 is 0.912 bits per heavy atom. The maximum atomic E-state index is 13.6. The van der Waals surface area contributed by atoms with Crippen molar-refractivity contribution < 1.29 is 24.2 Å². The number of carbonyl (C=O) groups excluding carboxylic acids is 2. The number of amides is 2. The number of hydrogen-bond acceptors (Lipinski definition) is 6. The number of hydrogen-bond donors (Lipinski definition) is 2. The van der Waals surface area contributed by atoms with Crippen LogP contribution in [0.25, 0.3) is 0 Å². The van der Waals surface area contributed by atoms with Gasteiger partial charge in [0.15, 0.2) is 0 Å². The molecule has 0 saturated carbocycles. The van der Waals surface area contributed by atoms with Gasteiger partial charge in [-0.05, 0) is 73.4 Å². The van der Waals surface area contributed by atoms with E-state index in [1.807, 2.05) is 24.3 Å². The summed E-state index contributed by atoms with van der Waals surface area (Å²) < 4.78 is 5.21. The highest BCUT2D eigenvalue weighted by Gasteiger charge is 2.43. The first-order valence-corrected chi connectivity index (χ1v) is 11.4. The van der Waals surface area contributed by atoms with Crippen LogP contribution in [0.3, 0.4) is 0 Å². The molecule has 0 bridgehead atoms. The molecule has 5 rings (SSSR count). The van der Waals surface area contributed by atoms with Crippen molar-refractivity contribution in [3.63, 3.8) is 0 Å². The third kappa shape index (κ3) is 3.77. The average molecular weight is 463 g/mol. The van der Waals surface area contributed by atoms with E-state index in [9.17, 15) is 19.5 Å². The average Bonchev–Trinajstić information content (AvgIpc) is 3.26. The number of carboxylic acid groups (broad SMARTS) is 1. The molecule has 2 amide bonds. The van der Waals surface area contributed by atoms with E-state index in [0.29, 0.717) is 54.3 Å². The standard InChI is InChI=1S/C25H26N4O5/c1-34-19-11-9-18(10-12-19)29-23-20(22(26-29)25(32)33)13-15-28(24(23)31)17-7-5-16(6-8-17)27-14-3-2-4-21(27)30/h5-12,22,26H,2-4,13-15H2,1H3,(H,32,33). The number of nitrogens with one attached hydrogen (secondary N) is 1. The first kappa shape index (κ1) is 22.0. The van der Waals surface area contributed by atoms with Crippen LogP contribution in [0, 0.1) is 0 Å². The van der Waals surface area contributed by atoms with Crippen molar-refractivity contribution >= 4 is 34.8 Å². The SMILES string of the molecule is COc1ccc(N2NC(C(=O)O)C3=C2C(=O)N(c2ccc(N4CCCCC4=O)cc2)CC3)cc1. The molecule has 9 nitrogen and oxygen atoms in total. The van der Waals surface area contributed by atoms with E-state index >= 15 is 0 Å². The normalized spacial score (nSPS) is 20.6. The van der Waals surface area contributed by atoms with Crippen molar-refractivity contribution in [3.05, 3.63) is 59.8 Å².